The maximum absolute atomic E-state index is 14.1. The summed E-state index contributed by atoms with van der Waals surface area (Å²) in [5.74, 6) is -2.93. The molecule has 5 N–H and O–H groups in total. The number of piperidine rings is 1. The van der Waals surface area contributed by atoms with E-state index < -0.39 is 64.5 Å². The molecule has 0 bridgehead atoms. The molecule has 1 unspecified atom stereocenters. The smallest absolute Gasteiger partial charge is 0.316 e. The van der Waals surface area contributed by atoms with Crippen molar-refractivity contribution in [3.63, 3.8) is 0 Å². The number of nitrogens with zero attached hydrogens (tertiary/aromatic N) is 1. The van der Waals surface area contributed by atoms with Gasteiger partial charge in [0.25, 0.3) is 5.91 Å². The molecule has 5 amide bonds. The molecule has 1 heterocycles. The number of amides is 5. The second kappa shape index (κ2) is 11.6. The maximum atomic E-state index is 14.1. The molecule has 0 aromatic heterocycles. The minimum atomic E-state index is -1.10. The summed E-state index contributed by atoms with van der Waals surface area (Å²) in [5, 5.41) is 8.34. The van der Waals surface area contributed by atoms with Gasteiger partial charge in [-0.3, -0.25) is 24.0 Å². The number of hydrogen-bond acceptors (Lipinski definition) is 6. The van der Waals surface area contributed by atoms with Crippen molar-refractivity contribution in [1.82, 2.24) is 20.9 Å². The van der Waals surface area contributed by atoms with Crippen molar-refractivity contribution < 1.29 is 28.8 Å². The summed E-state index contributed by atoms with van der Waals surface area (Å²) in [6, 6.07) is -4.27. The van der Waals surface area contributed by atoms with Crippen LogP contribution in [0.4, 0.5) is 4.79 Å². The molecule has 42 heavy (non-hydrogen) atoms. The lowest BCUT2D eigenvalue weighted by Crippen LogP contribution is -2.62. The van der Waals surface area contributed by atoms with Crippen molar-refractivity contribution in [2.75, 3.05) is 6.54 Å². The van der Waals surface area contributed by atoms with Gasteiger partial charge in [-0.2, -0.15) is 0 Å². The largest absolute Gasteiger partial charge is 0.363 e. The number of carbonyl (C=O) groups is 6. The lowest BCUT2D eigenvalue weighted by Gasteiger charge is -2.38. The van der Waals surface area contributed by atoms with E-state index in [1.807, 2.05) is 48.5 Å². The number of fused-ring (bicyclic) bond motifs is 1. The number of carbonyl (C=O) groups excluding carboxylic acids is 6. The van der Waals surface area contributed by atoms with Crippen molar-refractivity contribution >= 4 is 35.3 Å². The van der Waals surface area contributed by atoms with E-state index in [2.05, 4.69) is 16.0 Å². The molecule has 1 saturated heterocycles. The first-order valence-electron chi connectivity index (χ1n) is 15.1. The Morgan fingerprint density at radius 3 is 1.95 bits per heavy atom. The van der Waals surface area contributed by atoms with Crippen molar-refractivity contribution in [1.29, 1.82) is 0 Å². The zero-order valence-electron chi connectivity index (χ0n) is 26.9. The van der Waals surface area contributed by atoms with Gasteiger partial charge in [-0.1, -0.05) is 82.1 Å². The number of rotatable bonds is 11. The van der Waals surface area contributed by atoms with E-state index in [0.717, 1.165) is 12.8 Å². The highest BCUT2D eigenvalue weighted by atomic mass is 16.2. The predicted octanol–water partition coefficient (Wildman–Crippen LogP) is 2.16. The summed E-state index contributed by atoms with van der Waals surface area (Å²) < 4.78 is 0. The van der Waals surface area contributed by atoms with E-state index in [9.17, 15) is 28.8 Å². The summed E-state index contributed by atoms with van der Waals surface area (Å²) in [5.41, 5.74) is 3.70. The fourth-order valence-corrected chi connectivity index (χ4v) is 6.29. The Bertz CT molecular complexity index is 1130. The summed E-state index contributed by atoms with van der Waals surface area (Å²) in [7, 11) is 0. The quantitative estimate of drug-likeness (QED) is 0.269. The highest BCUT2D eigenvalue weighted by Gasteiger charge is 2.70. The molecule has 0 aromatic rings. The van der Waals surface area contributed by atoms with Gasteiger partial charge in [-0.05, 0) is 40.9 Å². The van der Waals surface area contributed by atoms with Gasteiger partial charge in [0, 0.05) is 12.0 Å². The van der Waals surface area contributed by atoms with E-state index in [1.165, 1.54) is 4.90 Å². The number of ketones is 2. The normalized spacial score (nSPS) is 25.1. The van der Waals surface area contributed by atoms with Gasteiger partial charge in [-0.25, -0.2) is 4.79 Å². The zero-order valence-corrected chi connectivity index (χ0v) is 26.9. The molecule has 3 rings (SSSR count). The van der Waals surface area contributed by atoms with Crippen molar-refractivity contribution in [2.45, 2.75) is 113 Å². The maximum Gasteiger partial charge on any atom is 0.316 e. The second-order valence-electron chi connectivity index (χ2n) is 15.6. The van der Waals surface area contributed by atoms with Crippen LogP contribution in [-0.2, 0) is 24.0 Å². The molecule has 0 aromatic carbocycles. The Morgan fingerprint density at radius 2 is 1.50 bits per heavy atom. The van der Waals surface area contributed by atoms with Gasteiger partial charge in [-0.15, -0.1) is 0 Å². The number of primary amides is 1. The topological polar surface area (TPSA) is 168 Å². The molecule has 6 atom stereocenters. The Balaban J connectivity index is 1.83. The lowest BCUT2D eigenvalue weighted by atomic mass is 9.82. The predicted molar refractivity (Wildman–Crippen MR) is 158 cm³/mol. The molecule has 236 valence electrons. The highest BCUT2D eigenvalue weighted by molar-refractivity contribution is 6.37. The minimum Gasteiger partial charge on any atom is -0.363 e. The third-order valence-electron chi connectivity index (χ3n) is 9.27. The number of Topliss-reactive ketones (excluding diaryl/α,β-unsaturated/α-hetero) is 2. The summed E-state index contributed by atoms with van der Waals surface area (Å²) in [6.45, 7) is 19.0. The summed E-state index contributed by atoms with van der Waals surface area (Å²) in [6.07, 6.45) is 2.18. The van der Waals surface area contributed by atoms with Crippen LogP contribution in [0.3, 0.4) is 0 Å². The molecule has 2 saturated carbocycles. The van der Waals surface area contributed by atoms with Gasteiger partial charge >= 0.3 is 6.03 Å². The first-order chi connectivity index (χ1) is 19.1. The van der Waals surface area contributed by atoms with Crippen molar-refractivity contribution in [3.8, 4) is 0 Å². The van der Waals surface area contributed by atoms with Gasteiger partial charge in [0.1, 0.15) is 12.1 Å². The van der Waals surface area contributed by atoms with Crippen LogP contribution in [0.5, 0.6) is 0 Å². The van der Waals surface area contributed by atoms with Crippen LogP contribution in [0.2, 0.25) is 0 Å². The molecule has 11 nitrogen and oxygen atoms in total. The molecule has 3 fully saturated rings. The Hall–Kier alpha value is -2.98. The van der Waals surface area contributed by atoms with E-state index >= 15 is 0 Å². The molecule has 11 heteroatoms. The average molecular weight is 590 g/mol. The standard InChI is InChI=1S/C31H51N5O6/c1-15(2)20(24(38)30(6,7)8)34-28(42)35-23(29(3,4)5)27(41)36-14-17-19(31(17,9)10)21(36)26(40)33-18(13-16-11-12-16)22(37)25(32)39/h15-21,23H,11-14H2,1-10H3,(H2,32,39)(H,33,40)(H2,34,35,42)/t17-,18?,19-,20-,21-,23+/m0/s1. The Morgan fingerprint density at radius 1 is 0.929 bits per heavy atom. The first kappa shape index (κ1) is 33.5. The Labute approximate surface area is 249 Å². The summed E-state index contributed by atoms with van der Waals surface area (Å²) in [4.78, 5) is 79.9. The van der Waals surface area contributed by atoms with E-state index in [-0.39, 0.29) is 34.9 Å². The molecule has 2 aliphatic carbocycles. The number of urea groups is 1. The monoisotopic (exact) mass is 589 g/mol. The SMILES string of the molecule is CC(C)[C@H](NC(=O)N[C@H](C(=O)N1C[C@H]2[C@@H]([C@H]1C(=O)NC(CC1CC1)C(=O)C(N)=O)C2(C)C)C(C)(C)C)C(=O)C(C)(C)C. The third-order valence-corrected chi connectivity index (χ3v) is 9.27. The minimum absolute atomic E-state index is 0.0788. The molecule has 0 spiro atoms. The van der Waals surface area contributed by atoms with Crippen LogP contribution in [-0.4, -0.2) is 70.9 Å². The van der Waals surface area contributed by atoms with E-state index in [4.69, 9.17) is 5.73 Å². The van der Waals surface area contributed by atoms with E-state index in [1.54, 1.807) is 20.8 Å². The Kier molecular flexibility index (Phi) is 9.26. The molecular weight excluding hydrogens is 538 g/mol. The molecule has 3 aliphatic rings. The number of likely N-dealkylation sites (tertiary alicyclic amines) is 1. The average Bonchev–Trinajstić information content (AvgIpc) is 3.70. The molecular formula is C31H51N5O6. The lowest BCUT2D eigenvalue weighted by molar-refractivity contribution is -0.145. The van der Waals surface area contributed by atoms with Crippen LogP contribution in [0, 0.1) is 39.9 Å². The van der Waals surface area contributed by atoms with Crippen molar-refractivity contribution in [2.24, 2.45) is 45.7 Å². The van der Waals surface area contributed by atoms with Crippen LogP contribution in [0.25, 0.3) is 0 Å². The van der Waals surface area contributed by atoms with Gasteiger partial charge in [0.05, 0.1) is 12.1 Å². The van der Waals surface area contributed by atoms with Crippen LogP contribution in [0.1, 0.15) is 88.5 Å². The van der Waals surface area contributed by atoms with Crippen molar-refractivity contribution in [3.05, 3.63) is 0 Å². The van der Waals surface area contributed by atoms with Gasteiger partial charge in [0.15, 0.2) is 5.78 Å². The number of nitrogens with one attached hydrogen (secondary N) is 3. The number of hydrogen-bond donors (Lipinski definition) is 4. The fraction of sp³-hybridized carbons (Fsp3) is 0.806. The molecule has 0 radical (unpaired) electrons. The summed E-state index contributed by atoms with van der Waals surface area (Å²) >= 11 is 0. The van der Waals surface area contributed by atoms with E-state index in [0.29, 0.717) is 13.0 Å². The van der Waals surface area contributed by atoms with Crippen LogP contribution < -0.4 is 21.7 Å². The second-order valence-corrected chi connectivity index (χ2v) is 15.6. The first-order valence-corrected chi connectivity index (χ1v) is 15.1. The third kappa shape index (κ3) is 7.14. The van der Waals surface area contributed by atoms with Crippen LogP contribution in [0.15, 0.2) is 0 Å². The molecule has 1 aliphatic heterocycles. The van der Waals surface area contributed by atoms with Crippen LogP contribution >= 0.6 is 0 Å². The highest BCUT2D eigenvalue weighted by Crippen LogP contribution is 2.65. The van der Waals surface area contributed by atoms with Gasteiger partial charge in [0.2, 0.25) is 17.6 Å². The number of nitrogens with two attached hydrogens (primary N) is 1. The fourth-order valence-electron chi connectivity index (χ4n) is 6.29. The van der Waals surface area contributed by atoms with Gasteiger partial charge < -0.3 is 26.6 Å². The zero-order chi connectivity index (χ0) is 32.1.